The summed E-state index contributed by atoms with van der Waals surface area (Å²) in [5, 5.41) is 10.4. The highest BCUT2D eigenvalue weighted by Crippen LogP contribution is 2.47. The molecule has 1 aliphatic heterocycles. The van der Waals surface area contributed by atoms with Gasteiger partial charge in [0.05, 0.1) is 37.5 Å². The Bertz CT molecular complexity index is 1950. The van der Waals surface area contributed by atoms with E-state index in [0.717, 1.165) is 0 Å². The molecular weight excluding hydrogens is 612 g/mol. The van der Waals surface area contributed by atoms with E-state index in [4.69, 9.17) is 28.4 Å². The summed E-state index contributed by atoms with van der Waals surface area (Å²) in [6.07, 6.45) is -0.352. The van der Waals surface area contributed by atoms with Crippen molar-refractivity contribution >= 4 is 28.6 Å². The van der Waals surface area contributed by atoms with Crippen LogP contribution in [0.15, 0.2) is 53.3 Å². The zero-order valence-corrected chi connectivity index (χ0v) is 26.0. The number of hydrogen-bond acceptors (Lipinski definition) is 11. The van der Waals surface area contributed by atoms with Crippen molar-refractivity contribution in [3.8, 4) is 40.0 Å². The van der Waals surface area contributed by atoms with Gasteiger partial charge in [0.15, 0.2) is 28.8 Å². The summed E-state index contributed by atoms with van der Waals surface area (Å²) in [4.78, 5) is 53.5. The molecule has 2 heterocycles. The van der Waals surface area contributed by atoms with E-state index in [1.54, 1.807) is 48.5 Å². The molecule has 2 aliphatic rings. The Morgan fingerprint density at radius 1 is 0.915 bits per heavy atom. The van der Waals surface area contributed by atoms with Crippen molar-refractivity contribution in [1.29, 1.82) is 0 Å². The van der Waals surface area contributed by atoms with Crippen molar-refractivity contribution in [2.75, 3.05) is 40.7 Å². The fourth-order valence-electron chi connectivity index (χ4n) is 5.85. The van der Waals surface area contributed by atoms with Gasteiger partial charge in [0.1, 0.15) is 12.4 Å². The van der Waals surface area contributed by atoms with Crippen LogP contribution in [0.5, 0.6) is 28.7 Å². The monoisotopic (exact) mass is 644 g/mol. The van der Waals surface area contributed by atoms with Crippen molar-refractivity contribution in [1.82, 2.24) is 9.47 Å². The number of carbonyl (C=O) groups is 3. The van der Waals surface area contributed by atoms with E-state index in [-0.39, 0.29) is 56.4 Å². The number of methoxy groups -OCH3 is 2. The highest BCUT2D eigenvalue weighted by molar-refractivity contribution is 6.27. The van der Waals surface area contributed by atoms with Crippen LogP contribution in [0.2, 0.25) is 0 Å². The standard InChI is InChI=1S/C34H32N2O11/c1-19(38)47-21-7-5-20(6-8-21)17-44-34(41)35(11-12-37)9-4-10-36-31-23-14-28-29(46-18-45-28)15-24(23)32(39)30(31)22-13-26(42-2)27(43-3)16-25(22)33(36)40/h5-8,13-16,37H,4,9-12,17-18H2,1-3H3. The second-order valence-electron chi connectivity index (χ2n) is 10.9. The first kappa shape index (κ1) is 31.4. The van der Waals surface area contributed by atoms with Crippen molar-refractivity contribution in [2.24, 2.45) is 0 Å². The lowest BCUT2D eigenvalue weighted by Crippen LogP contribution is -2.36. The lowest BCUT2D eigenvalue weighted by Gasteiger charge is -2.22. The van der Waals surface area contributed by atoms with Gasteiger partial charge in [-0.3, -0.25) is 14.4 Å². The molecule has 13 nitrogen and oxygen atoms in total. The molecule has 6 rings (SSSR count). The number of ketones is 1. The first-order valence-electron chi connectivity index (χ1n) is 14.8. The molecule has 1 N–H and O–H groups in total. The first-order valence-corrected chi connectivity index (χ1v) is 14.8. The van der Waals surface area contributed by atoms with Crippen LogP contribution in [0.1, 0.15) is 34.8 Å². The predicted octanol–water partition coefficient (Wildman–Crippen LogP) is 3.91. The summed E-state index contributed by atoms with van der Waals surface area (Å²) < 4.78 is 34.1. The minimum absolute atomic E-state index is 0.0107. The molecule has 4 aromatic rings. The molecule has 0 saturated carbocycles. The van der Waals surface area contributed by atoms with Crippen molar-refractivity contribution < 1.29 is 47.9 Å². The summed E-state index contributed by atoms with van der Waals surface area (Å²) in [6, 6.07) is 13.1. The maximum atomic E-state index is 14.1. The number of benzene rings is 3. The van der Waals surface area contributed by atoms with E-state index in [2.05, 4.69) is 0 Å². The van der Waals surface area contributed by atoms with Crippen molar-refractivity contribution in [3.05, 3.63) is 75.6 Å². The van der Waals surface area contributed by atoms with Gasteiger partial charge in [-0.1, -0.05) is 12.1 Å². The van der Waals surface area contributed by atoms with E-state index in [0.29, 0.717) is 68.5 Å². The van der Waals surface area contributed by atoms with Crippen molar-refractivity contribution in [2.45, 2.75) is 26.5 Å². The number of esters is 1. The van der Waals surface area contributed by atoms with Crippen LogP contribution in [0, 0.1) is 0 Å². The van der Waals surface area contributed by atoms with Gasteiger partial charge in [-0.2, -0.15) is 0 Å². The van der Waals surface area contributed by atoms with E-state index in [9.17, 15) is 24.3 Å². The Hall–Kier alpha value is -5.56. The molecule has 1 amide bonds. The van der Waals surface area contributed by atoms with Crippen LogP contribution in [-0.2, 0) is 22.7 Å². The Labute approximate surface area is 268 Å². The quantitative estimate of drug-likeness (QED) is 0.165. The maximum absolute atomic E-state index is 14.1. The number of pyridine rings is 1. The summed E-state index contributed by atoms with van der Waals surface area (Å²) >= 11 is 0. The fourth-order valence-corrected chi connectivity index (χ4v) is 5.85. The number of carbonyl (C=O) groups excluding carboxylic acids is 3. The molecule has 1 aliphatic carbocycles. The molecule has 0 bridgehead atoms. The van der Waals surface area contributed by atoms with Crippen LogP contribution >= 0.6 is 0 Å². The lowest BCUT2D eigenvalue weighted by molar-refractivity contribution is -0.131. The first-order chi connectivity index (χ1) is 22.7. The van der Waals surface area contributed by atoms with Gasteiger partial charge in [-0.25, -0.2) is 4.79 Å². The minimum atomic E-state index is -0.649. The summed E-state index contributed by atoms with van der Waals surface area (Å²) in [7, 11) is 2.94. The largest absolute Gasteiger partial charge is 0.493 e. The van der Waals surface area contributed by atoms with Crippen LogP contribution in [-0.4, -0.2) is 73.1 Å². The molecule has 47 heavy (non-hydrogen) atoms. The normalized spacial score (nSPS) is 12.5. The van der Waals surface area contributed by atoms with Crippen molar-refractivity contribution in [3.63, 3.8) is 0 Å². The second-order valence-corrected chi connectivity index (χ2v) is 10.9. The Morgan fingerprint density at radius 3 is 2.21 bits per heavy atom. The third-order valence-corrected chi connectivity index (χ3v) is 8.00. The highest BCUT2D eigenvalue weighted by Gasteiger charge is 2.36. The number of hydrogen-bond donors (Lipinski definition) is 1. The molecule has 0 fully saturated rings. The SMILES string of the molecule is COc1cc2c3c(n(CCCN(CCO)C(=O)OCc4ccc(OC(C)=O)cc4)c(=O)c2cc1OC)-c1cc2c(cc1C3=O)OCO2. The zero-order valence-electron chi connectivity index (χ0n) is 26.0. The van der Waals surface area contributed by atoms with E-state index in [1.807, 2.05) is 0 Å². The Morgan fingerprint density at radius 2 is 1.57 bits per heavy atom. The van der Waals surface area contributed by atoms with Gasteiger partial charge in [-0.15, -0.1) is 0 Å². The molecule has 1 aromatic heterocycles. The number of nitrogens with zero attached hydrogens (tertiary/aromatic N) is 2. The van der Waals surface area contributed by atoms with E-state index in [1.165, 1.54) is 30.6 Å². The number of ether oxygens (including phenoxy) is 6. The average Bonchev–Trinajstić information content (AvgIpc) is 3.64. The predicted molar refractivity (Wildman–Crippen MR) is 168 cm³/mol. The highest BCUT2D eigenvalue weighted by atomic mass is 16.7. The third-order valence-electron chi connectivity index (χ3n) is 8.00. The maximum Gasteiger partial charge on any atom is 0.410 e. The molecule has 3 aromatic carbocycles. The molecule has 0 atom stereocenters. The molecule has 0 radical (unpaired) electrons. The van der Waals surface area contributed by atoms with Gasteiger partial charge < -0.3 is 43.0 Å². The van der Waals surface area contributed by atoms with Gasteiger partial charge in [0.25, 0.3) is 5.56 Å². The molecule has 0 unspecified atom stereocenters. The van der Waals surface area contributed by atoms with Crippen LogP contribution in [0.25, 0.3) is 22.0 Å². The summed E-state index contributed by atoms with van der Waals surface area (Å²) in [6.45, 7) is 1.29. The van der Waals surface area contributed by atoms with Crippen LogP contribution in [0.4, 0.5) is 4.79 Å². The summed E-state index contributed by atoms with van der Waals surface area (Å²) in [5.41, 5.74) is 2.01. The van der Waals surface area contributed by atoms with Gasteiger partial charge in [0.2, 0.25) is 6.79 Å². The number of fused-ring (bicyclic) bond motifs is 6. The molecule has 13 heteroatoms. The van der Waals surface area contributed by atoms with Gasteiger partial charge in [-0.05, 0) is 48.4 Å². The minimum Gasteiger partial charge on any atom is -0.493 e. The zero-order chi connectivity index (χ0) is 33.2. The van der Waals surface area contributed by atoms with Gasteiger partial charge in [0, 0.05) is 43.1 Å². The topological polar surface area (TPSA) is 152 Å². The van der Waals surface area contributed by atoms with Gasteiger partial charge >= 0.3 is 12.1 Å². The fraction of sp³-hybridized carbons (Fsp3) is 0.294. The van der Waals surface area contributed by atoms with E-state index < -0.39 is 12.1 Å². The number of aliphatic hydroxyl groups is 1. The van der Waals surface area contributed by atoms with Crippen LogP contribution in [0.3, 0.4) is 0 Å². The Kier molecular flexibility index (Phi) is 8.72. The van der Waals surface area contributed by atoms with E-state index >= 15 is 0 Å². The lowest BCUT2D eigenvalue weighted by atomic mass is 10.0. The molecular formula is C34H32N2O11. The average molecular weight is 645 g/mol. The van der Waals surface area contributed by atoms with Crippen LogP contribution < -0.4 is 29.2 Å². The molecule has 244 valence electrons. The third kappa shape index (κ3) is 5.92. The number of aromatic nitrogens is 1. The molecule has 0 spiro atoms. The summed E-state index contributed by atoms with van der Waals surface area (Å²) in [5.74, 6) is 1.28. The smallest absolute Gasteiger partial charge is 0.410 e. The second kappa shape index (κ2) is 13.0. The number of aliphatic hydroxyl groups excluding tert-OH is 1. The Balaban J connectivity index is 1.28. The molecule has 0 saturated heterocycles. The number of amides is 1. The number of rotatable bonds is 11.